The molecule has 2 saturated carbocycles. The summed E-state index contributed by atoms with van der Waals surface area (Å²) in [4.78, 5) is 0. The third-order valence-electron chi connectivity index (χ3n) is 4.49. The summed E-state index contributed by atoms with van der Waals surface area (Å²) in [5, 5.41) is 9.48. The minimum atomic E-state index is -1.61. The van der Waals surface area contributed by atoms with Crippen molar-refractivity contribution in [1.29, 1.82) is 5.26 Å². The Balaban J connectivity index is 2.02. The summed E-state index contributed by atoms with van der Waals surface area (Å²) in [5.41, 5.74) is 0.140. The highest BCUT2D eigenvalue weighted by Crippen LogP contribution is 2.52. The topological polar surface area (TPSA) is 33.0 Å². The van der Waals surface area contributed by atoms with Crippen LogP contribution in [-0.4, -0.2) is 13.9 Å². The molecule has 0 heterocycles. The normalized spacial score (nSPS) is 26.9. The van der Waals surface area contributed by atoms with Crippen LogP contribution in [0, 0.1) is 16.7 Å². The summed E-state index contributed by atoms with van der Waals surface area (Å²) in [7, 11) is -1.61. The van der Waals surface area contributed by atoms with E-state index >= 15 is 0 Å². The third-order valence-corrected chi connectivity index (χ3v) is 5.49. The van der Waals surface area contributed by atoms with Gasteiger partial charge < -0.3 is 4.43 Å². The van der Waals surface area contributed by atoms with Crippen LogP contribution in [0.15, 0.2) is 0 Å². The molecule has 1 spiro atoms. The highest BCUT2D eigenvalue weighted by Gasteiger charge is 2.46. The highest BCUT2D eigenvalue weighted by molar-refractivity contribution is 6.69. The number of hydrogen-bond acceptors (Lipinski definition) is 2. The molecule has 0 aromatic heterocycles. The first-order valence-electron chi connectivity index (χ1n) is 7.00. The zero-order chi connectivity index (χ0) is 12.6. The lowest BCUT2D eigenvalue weighted by Crippen LogP contribution is -2.46. The molecule has 96 valence electrons. The van der Waals surface area contributed by atoms with Crippen molar-refractivity contribution in [3.8, 4) is 6.07 Å². The molecule has 0 N–H and O–H groups in total. The van der Waals surface area contributed by atoms with E-state index in [-0.39, 0.29) is 0 Å². The Bertz CT molecular complexity index is 310. The van der Waals surface area contributed by atoms with Gasteiger partial charge in [0, 0.05) is 0 Å². The van der Waals surface area contributed by atoms with Crippen LogP contribution < -0.4 is 0 Å². The zero-order valence-electron chi connectivity index (χ0n) is 11.5. The van der Waals surface area contributed by atoms with Crippen LogP contribution in [-0.2, 0) is 4.43 Å². The first-order valence-corrected chi connectivity index (χ1v) is 10.4. The van der Waals surface area contributed by atoms with Crippen molar-refractivity contribution in [2.45, 2.75) is 76.6 Å². The number of rotatable bonds is 2. The van der Waals surface area contributed by atoms with Gasteiger partial charge in [0.05, 0.1) is 6.07 Å². The van der Waals surface area contributed by atoms with Gasteiger partial charge in [-0.3, -0.25) is 0 Å². The molecule has 2 aliphatic rings. The van der Waals surface area contributed by atoms with Crippen molar-refractivity contribution in [3.63, 3.8) is 0 Å². The van der Waals surface area contributed by atoms with Gasteiger partial charge in [-0.25, -0.2) is 0 Å². The largest absolute Gasteiger partial charge is 0.400 e. The fourth-order valence-electron chi connectivity index (χ4n) is 3.63. The SMILES string of the molecule is C[Si](C)(C)OC1(C#N)CCC2(CCCC2)CC1. The molecule has 0 aromatic carbocycles. The molecule has 0 aliphatic heterocycles. The van der Waals surface area contributed by atoms with Crippen molar-refractivity contribution >= 4 is 8.32 Å². The Kier molecular flexibility index (Phi) is 3.39. The third kappa shape index (κ3) is 2.92. The van der Waals surface area contributed by atoms with Crippen molar-refractivity contribution < 1.29 is 4.43 Å². The summed E-state index contributed by atoms with van der Waals surface area (Å²) in [5.74, 6) is 0. The first-order chi connectivity index (χ1) is 7.89. The quantitative estimate of drug-likeness (QED) is 0.688. The summed E-state index contributed by atoms with van der Waals surface area (Å²) < 4.78 is 6.20. The zero-order valence-corrected chi connectivity index (χ0v) is 12.5. The van der Waals surface area contributed by atoms with E-state index in [0.717, 1.165) is 12.8 Å². The minimum absolute atomic E-state index is 0.446. The molecule has 0 unspecified atom stereocenters. The van der Waals surface area contributed by atoms with Gasteiger partial charge in [-0.15, -0.1) is 0 Å². The van der Waals surface area contributed by atoms with Crippen molar-refractivity contribution in [2.24, 2.45) is 5.41 Å². The van der Waals surface area contributed by atoms with Crippen LogP contribution in [0.4, 0.5) is 0 Å². The van der Waals surface area contributed by atoms with Gasteiger partial charge in [-0.05, 0) is 63.6 Å². The Labute approximate surface area is 106 Å². The van der Waals surface area contributed by atoms with Crippen LogP contribution in [0.25, 0.3) is 0 Å². The lowest BCUT2D eigenvalue weighted by Gasteiger charge is -2.43. The smallest absolute Gasteiger partial charge is 0.185 e. The first kappa shape index (κ1) is 13.1. The molecule has 2 rings (SSSR count). The second-order valence-electron chi connectivity index (χ2n) is 7.03. The maximum atomic E-state index is 9.48. The second kappa shape index (κ2) is 4.40. The molecule has 17 heavy (non-hydrogen) atoms. The van der Waals surface area contributed by atoms with Crippen molar-refractivity contribution in [2.75, 3.05) is 0 Å². The Morgan fingerprint density at radius 1 is 0.941 bits per heavy atom. The molecule has 0 atom stereocenters. The van der Waals surface area contributed by atoms with E-state index in [9.17, 15) is 5.26 Å². The van der Waals surface area contributed by atoms with E-state index in [4.69, 9.17) is 4.43 Å². The van der Waals surface area contributed by atoms with Gasteiger partial charge in [0.1, 0.15) is 5.60 Å². The maximum absolute atomic E-state index is 9.48. The lowest BCUT2D eigenvalue weighted by atomic mass is 9.68. The number of nitrogens with zero attached hydrogens (tertiary/aromatic N) is 1. The molecule has 0 bridgehead atoms. The molecule has 0 amide bonds. The van der Waals surface area contributed by atoms with Crippen LogP contribution in [0.2, 0.25) is 19.6 Å². The van der Waals surface area contributed by atoms with Gasteiger partial charge in [0.15, 0.2) is 8.32 Å². The lowest BCUT2D eigenvalue weighted by molar-refractivity contribution is 0.0258. The van der Waals surface area contributed by atoms with Gasteiger partial charge >= 0.3 is 0 Å². The molecular weight excluding hydrogens is 226 g/mol. The fourth-order valence-corrected chi connectivity index (χ4v) is 5.05. The van der Waals surface area contributed by atoms with Gasteiger partial charge in [0.25, 0.3) is 0 Å². The van der Waals surface area contributed by atoms with Gasteiger partial charge in [0.2, 0.25) is 0 Å². The molecule has 0 saturated heterocycles. The van der Waals surface area contributed by atoms with Crippen LogP contribution in [0.3, 0.4) is 0 Å². The fraction of sp³-hybridized carbons (Fsp3) is 0.929. The van der Waals surface area contributed by atoms with Gasteiger partial charge in [-0.2, -0.15) is 5.26 Å². The molecular formula is C14H25NOSi. The predicted molar refractivity (Wildman–Crippen MR) is 72.1 cm³/mol. The molecule has 3 heteroatoms. The van der Waals surface area contributed by atoms with E-state index in [1.165, 1.54) is 38.5 Å². The average Bonchev–Trinajstić information content (AvgIpc) is 2.69. The van der Waals surface area contributed by atoms with Gasteiger partial charge in [-0.1, -0.05) is 12.8 Å². The average molecular weight is 251 g/mol. The van der Waals surface area contributed by atoms with Crippen LogP contribution in [0.5, 0.6) is 0 Å². The number of nitriles is 1. The highest BCUT2D eigenvalue weighted by atomic mass is 28.4. The molecule has 2 nitrogen and oxygen atoms in total. The van der Waals surface area contributed by atoms with Crippen LogP contribution in [0.1, 0.15) is 51.4 Å². The Morgan fingerprint density at radius 2 is 1.47 bits per heavy atom. The second-order valence-corrected chi connectivity index (χ2v) is 11.5. The molecule has 2 aliphatic carbocycles. The number of hydrogen-bond donors (Lipinski definition) is 0. The van der Waals surface area contributed by atoms with Crippen molar-refractivity contribution in [3.05, 3.63) is 0 Å². The van der Waals surface area contributed by atoms with Crippen LogP contribution >= 0.6 is 0 Å². The Morgan fingerprint density at radius 3 is 1.88 bits per heavy atom. The summed E-state index contributed by atoms with van der Waals surface area (Å²) in [6, 6.07) is 2.49. The molecule has 2 fully saturated rings. The van der Waals surface area contributed by atoms with Crippen molar-refractivity contribution in [1.82, 2.24) is 0 Å². The van der Waals surface area contributed by atoms with E-state index in [1.54, 1.807) is 0 Å². The summed E-state index contributed by atoms with van der Waals surface area (Å²) in [6.45, 7) is 6.56. The van der Waals surface area contributed by atoms with E-state index in [0.29, 0.717) is 5.41 Å². The maximum Gasteiger partial charge on any atom is 0.185 e. The van der Waals surface area contributed by atoms with E-state index in [2.05, 4.69) is 25.7 Å². The van der Waals surface area contributed by atoms with E-state index < -0.39 is 13.9 Å². The standard InChI is InChI=1S/C14H25NOSi/c1-17(2,3)16-14(12-15)10-8-13(9-11-14)6-4-5-7-13/h4-11H2,1-3H3. The van der Waals surface area contributed by atoms with E-state index in [1.807, 2.05) is 0 Å². The summed E-state index contributed by atoms with van der Waals surface area (Å²) in [6.07, 6.45) is 9.93. The molecule has 0 aromatic rings. The monoisotopic (exact) mass is 251 g/mol. The molecule has 0 radical (unpaired) electrons. The predicted octanol–water partition coefficient (Wildman–Crippen LogP) is 4.23. The Hall–Kier alpha value is -0.333. The summed E-state index contributed by atoms with van der Waals surface area (Å²) >= 11 is 0. The minimum Gasteiger partial charge on any atom is -0.400 e.